The van der Waals surface area contributed by atoms with Crippen LogP contribution in [0.25, 0.3) is 0 Å². The van der Waals surface area contributed by atoms with Crippen molar-refractivity contribution in [2.75, 3.05) is 0 Å². The molecule has 16 heavy (non-hydrogen) atoms. The molecule has 2 aliphatic carbocycles. The van der Waals surface area contributed by atoms with Gasteiger partial charge in [0.25, 0.3) is 0 Å². The molecule has 2 fully saturated rings. The van der Waals surface area contributed by atoms with E-state index in [0.717, 1.165) is 31.2 Å². The standard InChI is InChI=1S/C14H14FN/c15-13-3-1-2-10(6-13)4-11-5-12-8-14(12,7-11)9-16/h1-3,6,11-12H,4-5,7-8H2. The molecule has 82 valence electrons. The third-order valence-electron chi connectivity index (χ3n) is 4.14. The number of benzene rings is 1. The molecule has 0 saturated heterocycles. The summed E-state index contributed by atoms with van der Waals surface area (Å²) in [6.07, 6.45) is 4.20. The molecule has 3 rings (SSSR count). The quantitative estimate of drug-likeness (QED) is 0.742. The number of fused-ring (bicyclic) bond motifs is 1. The fraction of sp³-hybridized carbons (Fsp3) is 0.500. The minimum absolute atomic E-state index is 0.0119. The monoisotopic (exact) mass is 215 g/mol. The van der Waals surface area contributed by atoms with E-state index >= 15 is 0 Å². The van der Waals surface area contributed by atoms with Crippen LogP contribution in [0.15, 0.2) is 24.3 Å². The molecule has 2 heteroatoms. The highest BCUT2D eigenvalue weighted by atomic mass is 19.1. The highest BCUT2D eigenvalue weighted by molar-refractivity contribution is 5.23. The van der Waals surface area contributed by atoms with Gasteiger partial charge in [-0.05, 0) is 55.2 Å². The molecule has 2 saturated carbocycles. The smallest absolute Gasteiger partial charge is 0.123 e. The molecule has 1 aromatic rings. The molecule has 0 aliphatic heterocycles. The molecule has 3 atom stereocenters. The third kappa shape index (κ3) is 1.51. The zero-order chi connectivity index (χ0) is 11.2. The van der Waals surface area contributed by atoms with Gasteiger partial charge in [-0.15, -0.1) is 0 Å². The second kappa shape index (κ2) is 3.31. The van der Waals surface area contributed by atoms with Crippen molar-refractivity contribution in [2.45, 2.75) is 25.7 Å². The molecule has 2 aliphatic rings. The maximum Gasteiger partial charge on any atom is 0.123 e. The molecule has 0 bridgehead atoms. The Balaban J connectivity index is 1.68. The lowest BCUT2D eigenvalue weighted by Crippen LogP contribution is -2.05. The van der Waals surface area contributed by atoms with Crippen molar-refractivity contribution in [3.63, 3.8) is 0 Å². The zero-order valence-corrected chi connectivity index (χ0v) is 9.12. The van der Waals surface area contributed by atoms with Crippen LogP contribution in [-0.4, -0.2) is 0 Å². The second-order valence-corrected chi connectivity index (χ2v) is 5.31. The van der Waals surface area contributed by atoms with E-state index in [1.165, 1.54) is 6.07 Å². The predicted octanol–water partition coefficient (Wildman–Crippen LogP) is 3.31. The molecule has 0 N–H and O–H groups in total. The molecule has 0 heterocycles. The summed E-state index contributed by atoms with van der Waals surface area (Å²) in [6.45, 7) is 0. The van der Waals surface area contributed by atoms with E-state index in [1.54, 1.807) is 12.1 Å². The van der Waals surface area contributed by atoms with Gasteiger partial charge in [0, 0.05) is 0 Å². The van der Waals surface area contributed by atoms with Crippen molar-refractivity contribution in [1.29, 1.82) is 5.26 Å². The summed E-state index contributed by atoms with van der Waals surface area (Å²) in [4.78, 5) is 0. The summed E-state index contributed by atoms with van der Waals surface area (Å²) in [6, 6.07) is 9.30. The van der Waals surface area contributed by atoms with Crippen LogP contribution in [0.5, 0.6) is 0 Å². The number of halogens is 1. The van der Waals surface area contributed by atoms with E-state index in [9.17, 15) is 4.39 Å². The van der Waals surface area contributed by atoms with Gasteiger partial charge in [0.1, 0.15) is 5.82 Å². The van der Waals surface area contributed by atoms with Gasteiger partial charge in [-0.25, -0.2) is 4.39 Å². The fourth-order valence-corrected chi connectivity index (χ4v) is 3.28. The first-order valence-electron chi connectivity index (χ1n) is 5.87. The molecule has 1 aromatic carbocycles. The lowest BCUT2D eigenvalue weighted by molar-refractivity contribution is 0.462. The predicted molar refractivity (Wildman–Crippen MR) is 59.0 cm³/mol. The Morgan fingerprint density at radius 3 is 3.00 bits per heavy atom. The molecular formula is C14H14FN. The van der Waals surface area contributed by atoms with Crippen molar-refractivity contribution in [3.05, 3.63) is 35.6 Å². The number of nitriles is 1. The Hall–Kier alpha value is -1.36. The van der Waals surface area contributed by atoms with E-state index in [0.29, 0.717) is 11.8 Å². The van der Waals surface area contributed by atoms with Gasteiger partial charge in [-0.1, -0.05) is 12.1 Å². The molecule has 1 nitrogen and oxygen atoms in total. The van der Waals surface area contributed by atoms with Crippen molar-refractivity contribution in [2.24, 2.45) is 17.3 Å². The number of rotatable bonds is 2. The molecular weight excluding hydrogens is 201 g/mol. The number of nitrogens with zero attached hydrogens (tertiary/aromatic N) is 1. The second-order valence-electron chi connectivity index (χ2n) is 5.31. The molecule has 0 amide bonds. The maximum atomic E-state index is 13.0. The van der Waals surface area contributed by atoms with Crippen LogP contribution in [-0.2, 0) is 6.42 Å². The Kier molecular flexibility index (Phi) is 2.04. The molecule has 0 spiro atoms. The van der Waals surface area contributed by atoms with Crippen LogP contribution in [0.4, 0.5) is 4.39 Å². The number of hydrogen-bond acceptors (Lipinski definition) is 1. The van der Waals surface area contributed by atoms with Gasteiger partial charge in [0.15, 0.2) is 0 Å². The summed E-state index contributed by atoms with van der Waals surface area (Å²) < 4.78 is 13.0. The average molecular weight is 215 g/mol. The zero-order valence-electron chi connectivity index (χ0n) is 9.12. The maximum absolute atomic E-state index is 13.0. The highest BCUT2D eigenvalue weighted by Crippen LogP contribution is 2.65. The average Bonchev–Trinajstić information content (AvgIpc) is 2.82. The first-order chi connectivity index (χ1) is 7.72. The van der Waals surface area contributed by atoms with Crippen LogP contribution in [0, 0.1) is 34.4 Å². The van der Waals surface area contributed by atoms with Gasteiger partial charge >= 0.3 is 0 Å². The van der Waals surface area contributed by atoms with Crippen LogP contribution >= 0.6 is 0 Å². The Morgan fingerprint density at radius 2 is 2.31 bits per heavy atom. The minimum atomic E-state index is -0.157. The van der Waals surface area contributed by atoms with Crippen molar-refractivity contribution < 1.29 is 4.39 Å². The normalized spacial score (nSPS) is 35.5. The first kappa shape index (κ1) is 9.84. The van der Waals surface area contributed by atoms with Crippen molar-refractivity contribution in [3.8, 4) is 6.07 Å². The summed E-state index contributed by atoms with van der Waals surface area (Å²) in [5.41, 5.74) is 1.08. The Labute approximate surface area is 94.9 Å². The lowest BCUT2D eigenvalue weighted by atomic mass is 9.92. The minimum Gasteiger partial charge on any atom is -0.207 e. The largest absolute Gasteiger partial charge is 0.207 e. The van der Waals surface area contributed by atoms with Crippen molar-refractivity contribution >= 4 is 0 Å². The van der Waals surface area contributed by atoms with E-state index in [4.69, 9.17) is 5.26 Å². The summed E-state index contributed by atoms with van der Waals surface area (Å²) in [7, 11) is 0. The van der Waals surface area contributed by atoms with Crippen molar-refractivity contribution in [1.82, 2.24) is 0 Å². The highest BCUT2D eigenvalue weighted by Gasteiger charge is 2.60. The van der Waals surface area contributed by atoms with Crippen LogP contribution in [0.3, 0.4) is 0 Å². The third-order valence-corrected chi connectivity index (χ3v) is 4.14. The summed E-state index contributed by atoms with van der Waals surface area (Å²) in [5, 5.41) is 9.08. The van der Waals surface area contributed by atoms with Crippen LogP contribution in [0.1, 0.15) is 24.8 Å². The molecule has 0 radical (unpaired) electrons. The van der Waals surface area contributed by atoms with E-state index in [-0.39, 0.29) is 11.2 Å². The first-order valence-corrected chi connectivity index (χ1v) is 5.87. The Morgan fingerprint density at radius 1 is 1.44 bits per heavy atom. The lowest BCUT2D eigenvalue weighted by Gasteiger charge is -2.12. The molecule has 3 unspecified atom stereocenters. The van der Waals surface area contributed by atoms with E-state index in [1.807, 2.05) is 6.07 Å². The van der Waals surface area contributed by atoms with Gasteiger partial charge in [0.2, 0.25) is 0 Å². The van der Waals surface area contributed by atoms with Gasteiger partial charge in [-0.2, -0.15) is 5.26 Å². The number of hydrogen-bond donors (Lipinski definition) is 0. The van der Waals surface area contributed by atoms with E-state index in [2.05, 4.69) is 6.07 Å². The molecule has 0 aromatic heterocycles. The Bertz CT molecular complexity index is 462. The van der Waals surface area contributed by atoms with Gasteiger partial charge in [-0.3, -0.25) is 0 Å². The van der Waals surface area contributed by atoms with Crippen LogP contribution in [0.2, 0.25) is 0 Å². The van der Waals surface area contributed by atoms with E-state index < -0.39 is 0 Å². The van der Waals surface area contributed by atoms with Gasteiger partial charge in [0.05, 0.1) is 11.5 Å². The van der Waals surface area contributed by atoms with Crippen LogP contribution < -0.4 is 0 Å². The summed E-state index contributed by atoms with van der Waals surface area (Å²) in [5.74, 6) is 1.06. The fourth-order valence-electron chi connectivity index (χ4n) is 3.28. The topological polar surface area (TPSA) is 23.8 Å². The summed E-state index contributed by atoms with van der Waals surface area (Å²) >= 11 is 0. The SMILES string of the molecule is N#CC12CC(Cc3cccc(F)c3)CC1C2. The van der Waals surface area contributed by atoms with Gasteiger partial charge < -0.3 is 0 Å².